The molecule has 0 amide bonds. The first-order valence-electron chi connectivity index (χ1n) is 6.08. The summed E-state index contributed by atoms with van der Waals surface area (Å²) >= 11 is 6.12. The summed E-state index contributed by atoms with van der Waals surface area (Å²) in [5.41, 5.74) is 3.31. The van der Waals surface area contributed by atoms with E-state index in [1.54, 1.807) is 0 Å². The lowest BCUT2D eigenvalue weighted by Gasteiger charge is -2.11. The van der Waals surface area contributed by atoms with E-state index in [1.165, 1.54) is 5.39 Å². The molecule has 19 heavy (non-hydrogen) atoms. The molecule has 1 aromatic heterocycles. The van der Waals surface area contributed by atoms with Gasteiger partial charge >= 0.3 is 0 Å². The van der Waals surface area contributed by atoms with E-state index in [4.69, 9.17) is 18.0 Å². The Kier molecular flexibility index (Phi) is 3.03. The molecule has 0 fully saturated rings. The van der Waals surface area contributed by atoms with Gasteiger partial charge in [-0.25, -0.2) is 0 Å². The van der Waals surface area contributed by atoms with Crippen molar-refractivity contribution in [2.24, 2.45) is 0 Å². The van der Waals surface area contributed by atoms with Gasteiger partial charge in [-0.15, -0.1) is 12.3 Å². The Labute approximate surface area is 117 Å². The number of halogens is 1. The van der Waals surface area contributed by atoms with Crippen molar-refractivity contribution in [3.05, 3.63) is 65.3 Å². The predicted octanol–water partition coefficient (Wildman–Crippen LogP) is 4.46. The van der Waals surface area contributed by atoms with Crippen LogP contribution in [0.25, 0.3) is 16.6 Å². The number of hydrogen-bond acceptors (Lipinski definition) is 0. The second-order valence-electron chi connectivity index (χ2n) is 4.40. The summed E-state index contributed by atoms with van der Waals surface area (Å²) in [7, 11) is 0. The summed E-state index contributed by atoms with van der Waals surface area (Å²) in [6.45, 7) is 0. The molecule has 92 valence electrons. The van der Waals surface area contributed by atoms with Crippen molar-refractivity contribution in [1.29, 1.82) is 0 Å². The Hall–Kier alpha value is -2.17. The highest BCUT2D eigenvalue weighted by molar-refractivity contribution is 6.30. The second-order valence-corrected chi connectivity index (χ2v) is 4.83. The van der Waals surface area contributed by atoms with Crippen molar-refractivity contribution < 1.29 is 0 Å². The van der Waals surface area contributed by atoms with Gasteiger partial charge in [-0.3, -0.25) is 0 Å². The Morgan fingerprint density at radius 1 is 1.11 bits per heavy atom. The maximum absolute atomic E-state index is 6.12. The fourth-order valence-corrected chi connectivity index (χ4v) is 2.48. The Morgan fingerprint density at radius 2 is 1.95 bits per heavy atom. The van der Waals surface area contributed by atoms with Gasteiger partial charge in [0.2, 0.25) is 0 Å². The van der Waals surface area contributed by atoms with Gasteiger partial charge in [0.15, 0.2) is 0 Å². The summed E-state index contributed by atoms with van der Waals surface area (Å²) in [6.07, 6.45) is 8.09. The number of nitrogens with zero attached hydrogens (tertiary/aromatic N) is 1. The highest BCUT2D eigenvalue weighted by Crippen LogP contribution is 2.25. The minimum absolute atomic E-state index is 0.596. The van der Waals surface area contributed by atoms with E-state index in [-0.39, 0.29) is 0 Å². The molecule has 2 heteroatoms. The maximum atomic E-state index is 6.12. The van der Waals surface area contributed by atoms with Crippen LogP contribution < -0.4 is 0 Å². The Bertz CT molecular complexity index is 777. The summed E-state index contributed by atoms with van der Waals surface area (Å²) in [5, 5.41) is 1.92. The molecule has 0 aliphatic rings. The first-order valence-corrected chi connectivity index (χ1v) is 6.46. The first kappa shape index (κ1) is 11.9. The number of aromatic nitrogens is 1. The van der Waals surface area contributed by atoms with Gasteiger partial charge in [0.1, 0.15) is 0 Å². The number of fused-ring (bicyclic) bond motifs is 1. The third kappa shape index (κ3) is 2.12. The number of terminal acetylenes is 1. The first-order chi connectivity index (χ1) is 9.29. The molecule has 0 saturated carbocycles. The minimum atomic E-state index is 0.596. The van der Waals surface area contributed by atoms with E-state index in [2.05, 4.69) is 34.9 Å². The van der Waals surface area contributed by atoms with E-state index >= 15 is 0 Å². The molecule has 0 N–H and O–H groups in total. The highest BCUT2D eigenvalue weighted by atomic mass is 35.5. The summed E-state index contributed by atoms with van der Waals surface area (Å²) in [6, 6.07) is 16.2. The van der Waals surface area contributed by atoms with Crippen LogP contribution in [0.1, 0.15) is 5.56 Å². The van der Waals surface area contributed by atoms with E-state index in [0.29, 0.717) is 11.4 Å². The summed E-state index contributed by atoms with van der Waals surface area (Å²) < 4.78 is 2.13. The summed E-state index contributed by atoms with van der Waals surface area (Å²) in [5.74, 6) is 2.70. The number of benzene rings is 2. The van der Waals surface area contributed by atoms with Crippen molar-refractivity contribution in [2.45, 2.75) is 6.42 Å². The normalized spacial score (nSPS) is 10.5. The van der Waals surface area contributed by atoms with Crippen LogP contribution in [0.3, 0.4) is 0 Å². The van der Waals surface area contributed by atoms with Crippen LogP contribution >= 0.6 is 11.6 Å². The van der Waals surface area contributed by atoms with Crippen molar-refractivity contribution in [3.63, 3.8) is 0 Å². The molecule has 0 radical (unpaired) electrons. The number of para-hydroxylation sites is 1. The smallest absolute Gasteiger partial charge is 0.0528 e. The van der Waals surface area contributed by atoms with Crippen molar-refractivity contribution in [1.82, 2.24) is 4.57 Å². The van der Waals surface area contributed by atoms with Crippen LogP contribution in [-0.2, 0) is 6.42 Å². The highest BCUT2D eigenvalue weighted by Gasteiger charge is 2.07. The molecule has 2 aromatic carbocycles. The number of hydrogen-bond donors (Lipinski definition) is 0. The predicted molar refractivity (Wildman–Crippen MR) is 80.8 cm³/mol. The second kappa shape index (κ2) is 4.84. The molecule has 0 saturated heterocycles. The molecule has 0 spiro atoms. The van der Waals surface area contributed by atoms with E-state index < -0.39 is 0 Å². The lowest BCUT2D eigenvalue weighted by molar-refractivity contribution is 1.09. The van der Waals surface area contributed by atoms with Gasteiger partial charge in [-0.05, 0) is 35.2 Å². The van der Waals surface area contributed by atoms with Crippen molar-refractivity contribution in [3.8, 4) is 18.0 Å². The van der Waals surface area contributed by atoms with Crippen LogP contribution in [0.15, 0.2) is 54.7 Å². The van der Waals surface area contributed by atoms with E-state index in [9.17, 15) is 0 Å². The molecular formula is C17H12ClN. The van der Waals surface area contributed by atoms with Gasteiger partial charge in [0.25, 0.3) is 0 Å². The van der Waals surface area contributed by atoms with Crippen molar-refractivity contribution in [2.75, 3.05) is 0 Å². The van der Waals surface area contributed by atoms with Crippen LogP contribution in [0, 0.1) is 12.3 Å². The van der Waals surface area contributed by atoms with Crippen LogP contribution in [0.4, 0.5) is 0 Å². The molecule has 3 aromatic rings. The lowest BCUT2D eigenvalue weighted by Crippen LogP contribution is -1.98. The Morgan fingerprint density at radius 3 is 2.79 bits per heavy atom. The third-order valence-corrected chi connectivity index (χ3v) is 3.43. The standard InChI is InChI=1S/C17H12ClN/c1-2-5-13-8-9-15(18)12-17(13)19-11-10-14-6-3-4-7-16(14)19/h1,3-4,6-12H,5H2. The molecule has 0 aliphatic carbocycles. The lowest BCUT2D eigenvalue weighted by atomic mass is 10.1. The average molecular weight is 266 g/mol. The maximum Gasteiger partial charge on any atom is 0.0528 e. The van der Waals surface area contributed by atoms with Crippen LogP contribution in [0.5, 0.6) is 0 Å². The quantitative estimate of drug-likeness (QED) is 0.603. The monoisotopic (exact) mass is 265 g/mol. The van der Waals surface area contributed by atoms with Crippen molar-refractivity contribution >= 4 is 22.5 Å². The van der Waals surface area contributed by atoms with Gasteiger partial charge in [-0.2, -0.15) is 0 Å². The summed E-state index contributed by atoms with van der Waals surface area (Å²) in [4.78, 5) is 0. The largest absolute Gasteiger partial charge is 0.316 e. The average Bonchev–Trinajstić information content (AvgIpc) is 2.85. The molecule has 0 bridgehead atoms. The van der Waals surface area contributed by atoms with Gasteiger partial charge in [-0.1, -0.05) is 35.9 Å². The SMILES string of the molecule is C#CCc1ccc(Cl)cc1-n1ccc2ccccc21. The molecule has 0 unspecified atom stereocenters. The molecule has 3 rings (SSSR count). The van der Waals surface area contributed by atoms with E-state index in [0.717, 1.165) is 16.8 Å². The minimum Gasteiger partial charge on any atom is -0.316 e. The zero-order valence-electron chi connectivity index (χ0n) is 10.3. The molecule has 0 atom stereocenters. The van der Waals surface area contributed by atoms with Crippen LogP contribution in [-0.4, -0.2) is 4.57 Å². The fourth-order valence-electron chi connectivity index (χ4n) is 2.31. The fraction of sp³-hybridized carbons (Fsp3) is 0.0588. The Balaban J connectivity index is 2.26. The third-order valence-electron chi connectivity index (χ3n) is 3.20. The zero-order valence-corrected chi connectivity index (χ0v) is 11.1. The van der Waals surface area contributed by atoms with E-state index in [1.807, 2.05) is 30.3 Å². The van der Waals surface area contributed by atoms with Crippen LogP contribution in [0.2, 0.25) is 5.02 Å². The number of rotatable bonds is 2. The van der Waals surface area contributed by atoms with Gasteiger partial charge in [0, 0.05) is 17.6 Å². The molecule has 1 heterocycles. The molecule has 1 nitrogen and oxygen atoms in total. The molecular weight excluding hydrogens is 254 g/mol. The van der Waals surface area contributed by atoms with Gasteiger partial charge in [0.05, 0.1) is 11.2 Å². The molecule has 0 aliphatic heterocycles. The van der Waals surface area contributed by atoms with Gasteiger partial charge < -0.3 is 4.57 Å². The zero-order chi connectivity index (χ0) is 13.2. The topological polar surface area (TPSA) is 4.93 Å².